The van der Waals surface area contributed by atoms with Crippen LogP contribution in [0.25, 0.3) is 0 Å². The third kappa shape index (κ3) is 35.6. The number of unbranched alkanes of at least 4 members (excludes halogenated alkanes) is 18. The van der Waals surface area contributed by atoms with Gasteiger partial charge in [-0.15, -0.1) is 0 Å². The molecule has 3 N–H and O–H groups in total. The van der Waals surface area contributed by atoms with Crippen molar-refractivity contribution in [2.24, 2.45) is 0 Å². The standard InChI is InChI=1S/C37H70NO8P/c1-3-5-7-9-11-13-15-16-17-18-19-20-21-23-25-27-29-36(40)38-31-32-45-47(42,43)46-34-35(39)33-44-37(41)30-28-26-24-22-14-12-10-8-6-4-2/h8,10,17-18,35,39H,3-7,9,11-16,19-34H2,1-2H3,(H,38,40)(H,42,43)/b10-8-,18-17-. The van der Waals surface area contributed by atoms with Crippen LogP contribution in [-0.4, -0.2) is 54.3 Å². The molecule has 0 rings (SSSR count). The van der Waals surface area contributed by atoms with Gasteiger partial charge in [-0.25, -0.2) is 4.57 Å². The molecule has 10 heteroatoms. The topological polar surface area (TPSA) is 131 Å². The molecule has 0 spiro atoms. The molecule has 276 valence electrons. The van der Waals surface area contributed by atoms with Gasteiger partial charge < -0.3 is 20.1 Å². The number of carbonyl (C=O) groups is 2. The van der Waals surface area contributed by atoms with E-state index in [9.17, 15) is 24.2 Å². The number of ether oxygens (including phenoxy) is 1. The van der Waals surface area contributed by atoms with Crippen LogP contribution in [0.3, 0.4) is 0 Å². The van der Waals surface area contributed by atoms with Crippen LogP contribution in [0.1, 0.15) is 168 Å². The van der Waals surface area contributed by atoms with E-state index in [0.717, 1.165) is 77.0 Å². The lowest BCUT2D eigenvalue weighted by atomic mass is 10.1. The Balaban J connectivity index is 3.63. The summed E-state index contributed by atoms with van der Waals surface area (Å²) in [6, 6.07) is 0. The Morgan fingerprint density at radius 1 is 0.638 bits per heavy atom. The van der Waals surface area contributed by atoms with E-state index in [1.54, 1.807) is 0 Å². The first-order valence-corrected chi connectivity index (χ1v) is 20.3. The molecular weight excluding hydrogens is 617 g/mol. The van der Waals surface area contributed by atoms with Gasteiger partial charge in [0.1, 0.15) is 12.7 Å². The Morgan fingerprint density at radius 2 is 1.13 bits per heavy atom. The molecule has 0 bridgehead atoms. The first-order valence-electron chi connectivity index (χ1n) is 18.8. The Morgan fingerprint density at radius 3 is 1.68 bits per heavy atom. The van der Waals surface area contributed by atoms with Crippen molar-refractivity contribution in [3.05, 3.63) is 24.3 Å². The minimum Gasteiger partial charge on any atom is -0.463 e. The molecule has 1 amide bonds. The predicted molar refractivity (Wildman–Crippen MR) is 192 cm³/mol. The second kappa shape index (κ2) is 34.4. The number of aliphatic hydroxyl groups is 1. The molecule has 47 heavy (non-hydrogen) atoms. The van der Waals surface area contributed by atoms with E-state index in [1.165, 1.54) is 64.2 Å². The van der Waals surface area contributed by atoms with Crippen LogP contribution in [0.4, 0.5) is 0 Å². The zero-order valence-corrected chi connectivity index (χ0v) is 30.9. The summed E-state index contributed by atoms with van der Waals surface area (Å²) >= 11 is 0. The van der Waals surface area contributed by atoms with Gasteiger partial charge in [-0.1, -0.05) is 122 Å². The number of carbonyl (C=O) groups excluding carboxylic acids is 2. The summed E-state index contributed by atoms with van der Waals surface area (Å²) < 4.78 is 26.7. The number of hydrogen-bond donors (Lipinski definition) is 3. The van der Waals surface area contributed by atoms with Crippen molar-refractivity contribution in [2.75, 3.05) is 26.4 Å². The monoisotopic (exact) mass is 687 g/mol. The first-order chi connectivity index (χ1) is 22.8. The van der Waals surface area contributed by atoms with Crippen molar-refractivity contribution in [1.29, 1.82) is 0 Å². The van der Waals surface area contributed by atoms with Crippen molar-refractivity contribution in [1.82, 2.24) is 5.32 Å². The quantitative estimate of drug-likeness (QED) is 0.0260. The molecular formula is C37H70NO8P. The van der Waals surface area contributed by atoms with Crippen molar-refractivity contribution in [3.63, 3.8) is 0 Å². The molecule has 0 aliphatic heterocycles. The molecule has 0 saturated heterocycles. The van der Waals surface area contributed by atoms with E-state index < -0.39 is 26.5 Å². The zero-order chi connectivity index (χ0) is 34.7. The van der Waals surface area contributed by atoms with E-state index >= 15 is 0 Å². The van der Waals surface area contributed by atoms with Crippen molar-refractivity contribution in [2.45, 2.75) is 174 Å². The fraction of sp³-hybridized carbons (Fsp3) is 0.838. The van der Waals surface area contributed by atoms with Gasteiger partial charge in [0.25, 0.3) is 0 Å². The zero-order valence-electron chi connectivity index (χ0n) is 30.0. The summed E-state index contributed by atoms with van der Waals surface area (Å²) in [5.74, 6) is -0.536. The summed E-state index contributed by atoms with van der Waals surface area (Å²) in [6.07, 6.45) is 34.0. The second-order valence-corrected chi connectivity index (χ2v) is 14.0. The molecule has 9 nitrogen and oxygen atoms in total. The predicted octanol–water partition coefficient (Wildman–Crippen LogP) is 9.65. The molecule has 0 aromatic carbocycles. The average molecular weight is 688 g/mol. The van der Waals surface area contributed by atoms with Crippen molar-refractivity contribution in [3.8, 4) is 0 Å². The summed E-state index contributed by atoms with van der Waals surface area (Å²) in [4.78, 5) is 33.7. The molecule has 0 aliphatic carbocycles. The van der Waals surface area contributed by atoms with Gasteiger partial charge in [0, 0.05) is 19.4 Å². The van der Waals surface area contributed by atoms with Crippen LogP contribution in [-0.2, 0) is 27.9 Å². The van der Waals surface area contributed by atoms with Gasteiger partial charge in [-0.2, -0.15) is 0 Å². The summed E-state index contributed by atoms with van der Waals surface area (Å²) in [7, 11) is -4.41. The highest BCUT2D eigenvalue weighted by atomic mass is 31.2. The van der Waals surface area contributed by atoms with E-state index in [1.807, 2.05) is 0 Å². The highest BCUT2D eigenvalue weighted by molar-refractivity contribution is 7.47. The summed E-state index contributed by atoms with van der Waals surface area (Å²) in [6.45, 7) is 3.45. The molecule has 2 atom stereocenters. The van der Waals surface area contributed by atoms with Gasteiger partial charge in [0.2, 0.25) is 5.91 Å². The lowest BCUT2D eigenvalue weighted by Gasteiger charge is -2.15. The normalized spacial score (nSPS) is 13.7. The highest BCUT2D eigenvalue weighted by Gasteiger charge is 2.23. The third-order valence-electron chi connectivity index (χ3n) is 7.83. The molecule has 0 saturated carbocycles. The van der Waals surface area contributed by atoms with Gasteiger partial charge >= 0.3 is 13.8 Å². The van der Waals surface area contributed by atoms with E-state index in [4.69, 9.17) is 13.8 Å². The molecule has 0 heterocycles. The molecule has 0 aromatic heterocycles. The maximum Gasteiger partial charge on any atom is 0.472 e. The van der Waals surface area contributed by atoms with E-state index in [2.05, 4.69) is 43.5 Å². The first kappa shape index (κ1) is 45.5. The number of nitrogens with one attached hydrogen (secondary N) is 1. The van der Waals surface area contributed by atoms with Crippen LogP contribution >= 0.6 is 7.82 Å². The van der Waals surface area contributed by atoms with Crippen LogP contribution < -0.4 is 5.32 Å². The minimum atomic E-state index is -4.41. The Kier molecular flexibility index (Phi) is 33.3. The third-order valence-corrected chi connectivity index (χ3v) is 8.82. The van der Waals surface area contributed by atoms with Gasteiger partial charge in [0.05, 0.1) is 13.2 Å². The van der Waals surface area contributed by atoms with E-state index in [-0.39, 0.29) is 32.1 Å². The lowest BCUT2D eigenvalue weighted by Crippen LogP contribution is -2.27. The smallest absolute Gasteiger partial charge is 0.463 e. The Hall–Kier alpha value is -1.51. The fourth-order valence-electron chi connectivity index (χ4n) is 4.96. The lowest BCUT2D eigenvalue weighted by molar-refractivity contribution is -0.147. The number of allylic oxidation sites excluding steroid dienone is 4. The van der Waals surface area contributed by atoms with Crippen LogP contribution in [0.2, 0.25) is 0 Å². The number of hydrogen-bond acceptors (Lipinski definition) is 7. The highest BCUT2D eigenvalue weighted by Crippen LogP contribution is 2.42. The second-order valence-electron chi connectivity index (χ2n) is 12.5. The van der Waals surface area contributed by atoms with E-state index in [0.29, 0.717) is 6.42 Å². The molecule has 0 fully saturated rings. The number of esters is 1. The number of rotatable bonds is 35. The largest absolute Gasteiger partial charge is 0.472 e. The molecule has 0 aliphatic rings. The van der Waals surface area contributed by atoms with Crippen LogP contribution in [0.5, 0.6) is 0 Å². The number of phosphoric ester groups is 1. The average Bonchev–Trinajstić information content (AvgIpc) is 3.05. The SMILES string of the molecule is CCC/C=C\CCCCCCCC(=O)OCC(O)COP(=O)(O)OCCNC(=O)CCCCCCC/C=C\CCCCCCCCC. The van der Waals surface area contributed by atoms with Crippen LogP contribution in [0.15, 0.2) is 24.3 Å². The Bertz CT molecular complexity index is 835. The fourth-order valence-corrected chi connectivity index (χ4v) is 5.72. The molecule has 2 unspecified atom stereocenters. The van der Waals surface area contributed by atoms with Gasteiger partial charge in [-0.05, 0) is 57.8 Å². The summed E-state index contributed by atoms with van der Waals surface area (Å²) in [5, 5.41) is 12.6. The number of amides is 1. The number of aliphatic hydroxyl groups excluding tert-OH is 1. The molecule has 0 aromatic rings. The van der Waals surface area contributed by atoms with Gasteiger partial charge in [0.15, 0.2) is 0 Å². The van der Waals surface area contributed by atoms with Crippen LogP contribution in [0, 0.1) is 0 Å². The molecule has 0 radical (unpaired) electrons. The Labute approximate surface area is 287 Å². The maximum atomic E-state index is 12.0. The minimum absolute atomic E-state index is 0.0775. The van der Waals surface area contributed by atoms with Gasteiger partial charge in [-0.3, -0.25) is 18.6 Å². The number of phosphoric acid groups is 1. The van der Waals surface area contributed by atoms with Crippen molar-refractivity contribution >= 4 is 19.7 Å². The van der Waals surface area contributed by atoms with Crippen molar-refractivity contribution < 1.29 is 37.9 Å². The maximum absolute atomic E-state index is 12.0. The summed E-state index contributed by atoms with van der Waals surface area (Å²) in [5.41, 5.74) is 0.